The molecule has 0 aliphatic rings. The summed E-state index contributed by atoms with van der Waals surface area (Å²) in [5.74, 6) is 0.259. The third kappa shape index (κ3) is 3.37. The zero-order valence-electron chi connectivity index (χ0n) is 13.1. The van der Waals surface area contributed by atoms with Gasteiger partial charge in [0.15, 0.2) is 5.43 Å². The van der Waals surface area contributed by atoms with E-state index in [0.717, 1.165) is 5.56 Å². The monoisotopic (exact) mass is 325 g/mol. The van der Waals surface area contributed by atoms with Crippen LogP contribution in [0.15, 0.2) is 46.0 Å². The lowest BCUT2D eigenvalue weighted by Gasteiger charge is -2.09. The summed E-state index contributed by atoms with van der Waals surface area (Å²) in [7, 11) is 0. The van der Waals surface area contributed by atoms with Gasteiger partial charge in [0.2, 0.25) is 11.7 Å². The molecule has 0 radical (unpaired) electrons. The Kier molecular flexibility index (Phi) is 4.19. The summed E-state index contributed by atoms with van der Waals surface area (Å²) in [4.78, 5) is 34.8. The molecule has 3 heterocycles. The number of nitrogens with one attached hydrogen (secondary N) is 2. The van der Waals surface area contributed by atoms with Crippen molar-refractivity contribution in [1.29, 1.82) is 0 Å². The molecule has 0 saturated heterocycles. The molecule has 3 rings (SSSR count). The zero-order chi connectivity index (χ0) is 17.1. The van der Waals surface area contributed by atoms with Crippen molar-refractivity contribution in [3.63, 3.8) is 0 Å². The molecule has 0 aliphatic heterocycles. The molecule has 0 fully saturated rings. The van der Waals surface area contributed by atoms with E-state index < -0.39 is 11.9 Å². The van der Waals surface area contributed by atoms with Crippen molar-refractivity contribution < 1.29 is 9.32 Å². The number of pyridine rings is 2. The van der Waals surface area contributed by atoms with Crippen LogP contribution in [0, 0.1) is 6.92 Å². The van der Waals surface area contributed by atoms with Crippen LogP contribution in [-0.4, -0.2) is 26.0 Å². The van der Waals surface area contributed by atoms with Gasteiger partial charge < -0.3 is 14.8 Å². The molecular weight excluding hydrogens is 310 g/mol. The Labute approximate surface area is 137 Å². The van der Waals surface area contributed by atoms with Crippen molar-refractivity contribution in [2.75, 3.05) is 0 Å². The Bertz CT molecular complexity index is 917. The summed E-state index contributed by atoms with van der Waals surface area (Å²) in [5.41, 5.74) is 1.32. The maximum absolute atomic E-state index is 12.2. The molecule has 1 atom stereocenters. The fourth-order valence-corrected chi connectivity index (χ4v) is 2.17. The highest BCUT2D eigenvalue weighted by molar-refractivity contribution is 5.92. The Morgan fingerprint density at radius 2 is 2.04 bits per heavy atom. The van der Waals surface area contributed by atoms with Crippen LogP contribution in [-0.2, 0) is 0 Å². The predicted octanol–water partition coefficient (Wildman–Crippen LogP) is 1.62. The third-order valence-corrected chi connectivity index (χ3v) is 3.32. The van der Waals surface area contributed by atoms with Crippen molar-refractivity contribution in [2.45, 2.75) is 19.9 Å². The lowest BCUT2D eigenvalue weighted by Crippen LogP contribution is -2.28. The second-order valence-corrected chi connectivity index (χ2v) is 5.30. The predicted molar refractivity (Wildman–Crippen MR) is 85.2 cm³/mol. The van der Waals surface area contributed by atoms with Gasteiger partial charge >= 0.3 is 0 Å². The van der Waals surface area contributed by atoms with Crippen molar-refractivity contribution in [3.05, 3.63) is 64.2 Å². The highest BCUT2D eigenvalue weighted by Gasteiger charge is 2.18. The summed E-state index contributed by atoms with van der Waals surface area (Å²) >= 11 is 0. The summed E-state index contributed by atoms with van der Waals surface area (Å²) < 4.78 is 5.20. The number of rotatable bonds is 4. The molecule has 0 aliphatic carbocycles. The number of hydrogen-bond acceptors (Lipinski definition) is 6. The van der Waals surface area contributed by atoms with Gasteiger partial charge in [0.1, 0.15) is 11.7 Å². The molecule has 0 aromatic carbocycles. The normalized spacial score (nSPS) is 11.9. The van der Waals surface area contributed by atoms with Crippen LogP contribution in [0.2, 0.25) is 0 Å². The van der Waals surface area contributed by atoms with Gasteiger partial charge in [-0.05, 0) is 26.0 Å². The van der Waals surface area contributed by atoms with Crippen molar-refractivity contribution in [3.8, 4) is 11.4 Å². The molecule has 122 valence electrons. The number of hydrogen-bond donors (Lipinski definition) is 2. The molecule has 0 saturated carbocycles. The lowest BCUT2D eigenvalue weighted by molar-refractivity contribution is 0.0927. The fraction of sp³-hybridized carbons (Fsp3) is 0.188. The van der Waals surface area contributed by atoms with Gasteiger partial charge in [-0.3, -0.25) is 14.6 Å². The SMILES string of the molecule is Cc1cc(=O)cc(C(=O)N[C@H](C)c2nc(-c3ccncc3)no2)[nH]1. The number of nitrogens with zero attached hydrogens (tertiary/aromatic N) is 3. The molecular formula is C16H15N5O3. The molecule has 3 aromatic heterocycles. The molecule has 0 spiro atoms. The minimum absolute atomic E-state index is 0.181. The first-order valence-corrected chi connectivity index (χ1v) is 7.29. The van der Waals surface area contributed by atoms with Crippen LogP contribution in [0.25, 0.3) is 11.4 Å². The second-order valence-electron chi connectivity index (χ2n) is 5.30. The highest BCUT2D eigenvalue weighted by atomic mass is 16.5. The van der Waals surface area contributed by atoms with Gasteiger partial charge in [0.05, 0.1) is 0 Å². The first kappa shape index (κ1) is 15.6. The quantitative estimate of drug-likeness (QED) is 0.753. The minimum Gasteiger partial charge on any atom is -0.354 e. The van der Waals surface area contributed by atoms with Gasteiger partial charge in [-0.15, -0.1) is 0 Å². The summed E-state index contributed by atoms with van der Waals surface area (Å²) in [6, 6.07) is 5.67. The average molecular weight is 325 g/mol. The Morgan fingerprint density at radius 3 is 2.75 bits per heavy atom. The Balaban J connectivity index is 1.75. The fourth-order valence-electron chi connectivity index (χ4n) is 2.17. The van der Waals surface area contributed by atoms with E-state index in [1.54, 1.807) is 38.4 Å². The molecule has 3 aromatic rings. The number of amides is 1. The standard InChI is InChI=1S/C16H15N5O3/c1-9-7-12(22)8-13(18-9)15(23)19-10(2)16-20-14(21-24-16)11-3-5-17-6-4-11/h3-8,10H,1-2H3,(H,18,22)(H,19,23)/t10-/m1/s1. The number of aryl methyl sites for hydroxylation is 1. The number of aromatic nitrogens is 4. The third-order valence-electron chi connectivity index (χ3n) is 3.32. The van der Waals surface area contributed by atoms with Gasteiger partial charge in [0.25, 0.3) is 5.91 Å². The smallest absolute Gasteiger partial charge is 0.268 e. The van der Waals surface area contributed by atoms with Crippen molar-refractivity contribution in [2.24, 2.45) is 0 Å². The maximum atomic E-state index is 12.2. The number of carbonyl (C=O) groups excluding carboxylic acids is 1. The van der Waals surface area contributed by atoms with E-state index in [9.17, 15) is 9.59 Å². The molecule has 1 amide bonds. The van der Waals surface area contributed by atoms with Gasteiger partial charge in [-0.25, -0.2) is 0 Å². The first-order chi connectivity index (χ1) is 11.5. The van der Waals surface area contributed by atoms with Crippen LogP contribution in [0.5, 0.6) is 0 Å². The van der Waals surface area contributed by atoms with Gasteiger partial charge in [-0.1, -0.05) is 5.16 Å². The van der Waals surface area contributed by atoms with Gasteiger partial charge in [0, 0.05) is 35.8 Å². The van der Waals surface area contributed by atoms with E-state index in [0.29, 0.717) is 11.5 Å². The summed E-state index contributed by atoms with van der Waals surface area (Å²) in [6.45, 7) is 3.43. The second kappa shape index (κ2) is 6.45. The molecule has 8 heteroatoms. The van der Waals surface area contributed by atoms with E-state index in [1.165, 1.54) is 12.1 Å². The number of carbonyl (C=O) groups is 1. The topological polar surface area (TPSA) is 114 Å². The van der Waals surface area contributed by atoms with E-state index in [4.69, 9.17) is 4.52 Å². The molecule has 0 unspecified atom stereocenters. The molecule has 0 bridgehead atoms. The minimum atomic E-state index is -0.510. The van der Waals surface area contributed by atoms with E-state index in [2.05, 4.69) is 25.4 Å². The van der Waals surface area contributed by atoms with E-state index >= 15 is 0 Å². The maximum Gasteiger partial charge on any atom is 0.268 e. The first-order valence-electron chi connectivity index (χ1n) is 7.29. The lowest BCUT2D eigenvalue weighted by atomic mass is 10.2. The Hall–Kier alpha value is -3.29. The van der Waals surface area contributed by atoms with Crippen LogP contribution >= 0.6 is 0 Å². The Morgan fingerprint density at radius 1 is 1.29 bits per heavy atom. The average Bonchev–Trinajstić information content (AvgIpc) is 3.05. The molecule has 24 heavy (non-hydrogen) atoms. The highest BCUT2D eigenvalue weighted by Crippen LogP contribution is 2.17. The van der Waals surface area contributed by atoms with E-state index in [1.807, 2.05) is 0 Å². The zero-order valence-corrected chi connectivity index (χ0v) is 13.1. The largest absolute Gasteiger partial charge is 0.354 e. The van der Waals surface area contributed by atoms with Crippen LogP contribution < -0.4 is 10.7 Å². The van der Waals surface area contributed by atoms with E-state index in [-0.39, 0.29) is 17.0 Å². The van der Waals surface area contributed by atoms with Crippen molar-refractivity contribution in [1.82, 2.24) is 25.4 Å². The summed E-state index contributed by atoms with van der Waals surface area (Å²) in [5, 5.41) is 6.61. The van der Waals surface area contributed by atoms with Crippen molar-refractivity contribution >= 4 is 5.91 Å². The van der Waals surface area contributed by atoms with Gasteiger partial charge in [-0.2, -0.15) is 4.98 Å². The summed E-state index contributed by atoms with van der Waals surface area (Å²) in [6.07, 6.45) is 3.26. The van der Waals surface area contributed by atoms with Crippen LogP contribution in [0.3, 0.4) is 0 Å². The number of H-pyrrole nitrogens is 1. The molecule has 8 nitrogen and oxygen atoms in total. The van der Waals surface area contributed by atoms with Crippen LogP contribution in [0.1, 0.15) is 35.0 Å². The van der Waals surface area contributed by atoms with Crippen LogP contribution in [0.4, 0.5) is 0 Å². The number of aromatic amines is 1. The molecule has 2 N–H and O–H groups in total.